The number of hydrogen-bond acceptors (Lipinski definition) is 6. The minimum atomic E-state index is -0.654. The molecule has 0 saturated heterocycles. The van der Waals surface area contributed by atoms with Gasteiger partial charge >= 0.3 is 11.5 Å². The van der Waals surface area contributed by atoms with E-state index in [-0.39, 0.29) is 16.7 Å². The monoisotopic (exact) mass is 276 g/mol. The van der Waals surface area contributed by atoms with Gasteiger partial charge in [0.05, 0.1) is 18.5 Å². The third kappa shape index (κ3) is 5.16. The summed E-state index contributed by atoms with van der Waals surface area (Å²) >= 11 is 1.12. The molecule has 0 N–H and O–H groups in total. The fourth-order valence-corrected chi connectivity index (χ4v) is 2.94. The summed E-state index contributed by atoms with van der Waals surface area (Å²) in [4.78, 5) is 22.7. The Kier molecular flexibility index (Phi) is 6.93. The van der Waals surface area contributed by atoms with Crippen molar-refractivity contribution in [3.63, 3.8) is 0 Å². The molecular formula is C12H20O5S. The van der Waals surface area contributed by atoms with Crippen LogP contribution in [0.3, 0.4) is 0 Å². The molecule has 0 aromatic heterocycles. The van der Waals surface area contributed by atoms with Crippen LogP contribution < -0.4 is 0 Å². The molecule has 1 fully saturated rings. The van der Waals surface area contributed by atoms with Gasteiger partial charge in [-0.1, -0.05) is 6.42 Å². The van der Waals surface area contributed by atoms with Crippen LogP contribution in [-0.4, -0.2) is 36.0 Å². The van der Waals surface area contributed by atoms with Crippen molar-refractivity contribution in [2.45, 2.75) is 50.9 Å². The first-order chi connectivity index (χ1) is 8.67. The fraction of sp³-hybridized carbons (Fsp3) is 0.833. The molecule has 0 amide bonds. The van der Waals surface area contributed by atoms with Crippen LogP contribution in [0.2, 0.25) is 0 Å². The van der Waals surface area contributed by atoms with E-state index in [1.807, 2.05) is 0 Å². The third-order valence-electron chi connectivity index (χ3n) is 2.66. The average Bonchev–Trinajstić information content (AvgIpc) is 2.32. The number of carbonyl (C=O) groups excluding carboxylic acids is 2. The fourth-order valence-electron chi connectivity index (χ4n) is 1.88. The van der Waals surface area contributed by atoms with E-state index in [0.717, 1.165) is 37.4 Å². The Bertz CT molecular complexity index is 254. The van der Waals surface area contributed by atoms with Gasteiger partial charge in [-0.25, -0.2) is 9.59 Å². The van der Waals surface area contributed by atoms with Gasteiger partial charge in [0.2, 0.25) is 0 Å². The molecule has 2 unspecified atom stereocenters. The first kappa shape index (κ1) is 15.1. The summed E-state index contributed by atoms with van der Waals surface area (Å²) in [6.45, 7) is 4.15. The molecule has 0 radical (unpaired) electrons. The minimum absolute atomic E-state index is 0.0257. The number of thioether (sulfide) groups is 1. The highest BCUT2D eigenvalue weighted by atomic mass is 32.2. The summed E-state index contributed by atoms with van der Waals surface area (Å²) in [5, 5.41) is -0.330. The number of ether oxygens (including phenoxy) is 3. The summed E-state index contributed by atoms with van der Waals surface area (Å²) < 4.78 is 14.9. The van der Waals surface area contributed by atoms with Gasteiger partial charge in [-0.05, 0) is 44.9 Å². The molecule has 18 heavy (non-hydrogen) atoms. The molecule has 2 atom stereocenters. The van der Waals surface area contributed by atoms with Crippen LogP contribution in [0.25, 0.3) is 0 Å². The van der Waals surface area contributed by atoms with E-state index in [2.05, 4.69) is 0 Å². The number of rotatable bonds is 4. The topological polar surface area (TPSA) is 61.8 Å². The molecule has 0 aromatic rings. The van der Waals surface area contributed by atoms with E-state index < -0.39 is 6.16 Å². The predicted octanol–water partition coefficient (Wildman–Crippen LogP) is 3.36. The van der Waals surface area contributed by atoms with Crippen molar-refractivity contribution in [3.8, 4) is 0 Å². The largest absolute Gasteiger partial charge is 0.508 e. The number of carbonyl (C=O) groups is 2. The molecule has 1 aliphatic rings. The summed E-state index contributed by atoms with van der Waals surface area (Å²) in [7, 11) is 0. The molecule has 104 valence electrons. The van der Waals surface area contributed by atoms with Crippen LogP contribution in [0.4, 0.5) is 9.59 Å². The lowest BCUT2D eigenvalue weighted by Crippen LogP contribution is -2.33. The predicted molar refractivity (Wildman–Crippen MR) is 68.8 cm³/mol. The van der Waals surface area contributed by atoms with Crippen molar-refractivity contribution in [2.24, 2.45) is 0 Å². The standard InChI is InChI=1S/C12H20O5S/c1-3-15-11(13)17-9-7-5-6-8-10(9)18-12(14)16-4-2/h9-10H,3-8H2,1-2H3. The average molecular weight is 276 g/mol. The van der Waals surface area contributed by atoms with Gasteiger partial charge in [-0.15, -0.1) is 0 Å². The molecule has 1 aliphatic carbocycles. The van der Waals surface area contributed by atoms with Gasteiger partial charge in [0.25, 0.3) is 0 Å². The van der Waals surface area contributed by atoms with Crippen LogP contribution in [0.1, 0.15) is 39.5 Å². The summed E-state index contributed by atoms with van der Waals surface area (Å²) in [5.74, 6) is 0. The summed E-state index contributed by atoms with van der Waals surface area (Å²) in [5.41, 5.74) is 0. The molecule has 0 bridgehead atoms. The van der Waals surface area contributed by atoms with Gasteiger partial charge in [0.15, 0.2) is 0 Å². The van der Waals surface area contributed by atoms with Gasteiger partial charge in [0.1, 0.15) is 6.10 Å². The normalized spacial score (nSPS) is 23.2. The number of hydrogen-bond donors (Lipinski definition) is 0. The van der Waals surface area contributed by atoms with Gasteiger partial charge in [-0.2, -0.15) is 0 Å². The van der Waals surface area contributed by atoms with E-state index in [0.29, 0.717) is 13.2 Å². The Morgan fingerprint density at radius 3 is 2.44 bits per heavy atom. The minimum Gasteiger partial charge on any atom is -0.458 e. The highest BCUT2D eigenvalue weighted by Gasteiger charge is 2.31. The highest BCUT2D eigenvalue weighted by Crippen LogP contribution is 2.32. The van der Waals surface area contributed by atoms with E-state index in [4.69, 9.17) is 14.2 Å². The smallest absolute Gasteiger partial charge is 0.458 e. The second kappa shape index (κ2) is 8.24. The maximum Gasteiger partial charge on any atom is 0.508 e. The Morgan fingerprint density at radius 1 is 1.11 bits per heavy atom. The quantitative estimate of drug-likeness (QED) is 0.734. The highest BCUT2D eigenvalue weighted by molar-refractivity contribution is 8.13. The molecular weight excluding hydrogens is 256 g/mol. The summed E-state index contributed by atoms with van der Waals surface area (Å²) in [6.07, 6.45) is 2.76. The Morgan fingerprint density at radius 2 is 1.78 bits per heavy atom. The van der Waals surface area contributed by atoms with Crippen LogP contribution in [-0.2, 0) is 14.2 Å². The van der Waals surface area contributed by atoms with E-state index in [1.54, 1.807) is 13.8 Å². The molecule has 1 rings (SSSR count). The molecule has 1 saturated carbocycles. The zero-order valence-electron chi connectivity index (χ0n) is 10.8. The van der Waals surface area contributed by atoms with Crippen molar-refractivity contribution >= 4 is 23.2 Å². The Hall–Kier alpha value is -0.910. The first-order valence-corrected chi connectivity index (χ1v) is 7.22. The van der Waals surface area contributed by atoms with E-state index in [9.17, 15) is 9.59 Å². The lowest BCUT2D eigenvalue weighted by Gasteiger charge is -2.29. The first-order valence-electron chi connectivity index (χ1n) is 6.34. The van der Waals surface area contributed by atoms with Crippen molar-refractivity contribution < 1.29 is 23.8 Å². The van der Waals surface area contributed by atoms with Gasteiger partial charge in [-0.3, -0.25) is 0 Å². The SMILES string of the molecule is CCOC(=O)OC1CCCCC1SC(=O)OCC. The molecule has 0 aromatic carbocycles. The Balaban J connectivity index is 2.46. The van der Waals surface area contributed by atoms with Crippen LogP contribution >= 0.6 is 11.8 Å². The van der Waals surface area contributed by atoms with Gasteiger partial charge in [0, 0.05) is 0 Å². The second-order valence-electron chi connectivity index (χ2n) is 3.96. The van der Waals surface area contributed by atoms with E-state index >= 15 is 0 Å². The van der Waals surface area contributed by atoms with Crippen molar-refractivity contribution in [2.75, 3.05) is 13.2 Å². The van der Waals surface area contributed by atoms with Crippen LogP contribution in [0.15, 0.2) is 0 Å². The molecule has 0 heterocycles. The van der Waals surface area contributed by atoms with Crippen molar-refractivity contribution in [1.82, 2.24) is 0 Å². The van der Waals surface area contributed by atoms with Crippen LogP contribution in [0.5, 0.6) is 0 Å². The lowest BCUT2D eigenvalue weighted by atomic mass is 9.97. The molecule has 0 aliphatic heterocycles. The maximum absolute atomic E-state index is 11.4. The summed E-state index contributed by atoms with van der Waals surface area (Å²) in [6, 6.07) is 0. The van der Waals surface area contributed by atoms with Crippen molar-refractivity contribution in [1.29, 1.82) is 0 Å². The van der Waals surface area contributed by atoms with Crippen LogP contribution in [0, 0.1) is 0 Å². The lowest BCUT2D eigenvalue weighted by molar-refractivity contribution is 0.0162. The second-order valence-corrected chi connectivity index (χ2v) is 5.14. The maximum atomic E-state index is 11.4. The zero-order valence-corrected chi connectivity index (χ0v) is 11.7. The molecule has 0 spiro atoms. The van der Waals surface area contributed by atoms with Gasteiger partial charge < -0.3 is 14.2 Å². The zero-order chi connectivity index (χ0) is 13.4. The molecule has 6 heteroatoms. The van der Waals surface area contributed by atoms with E-state index in [1.165, 1.54) is 0 Å². The third-order valence-corrected chi connectivity index (χ3v) is 3.81. The molecule has 5 nitrogen and oxygen atoms in total. The Labute approximate surface area is 112 Å². The van der Waals surface area contributed by atoms with Crippen molar-refractivity contribution in [3.05, 3.63) is 0 Å².